The van der Waals surface area contributed by atoms with Crippen LogP contribution in [0.2, 0.25) is 0 Å². The maximum atomic E-state index is 10.8. The van der Waals surface area contributed by atoms with Crippen LogP contribution in [0.25, 0.3) is 0 Å². The largest absolute Gasteiger partial charge is 0.489 e. The predicted octanol–water partition coefficient (Wildman–Crippen LogP) is 2.07. The molecule has 0 unspecified atom stereocenters. The zero-order valence-electron chi connectivity index (χ0n) is 13.4. The Hall–Kier alpha value is -3.35. The Labute approximate surface area is 144 Å². The van der Waals surface area contributed by atoms with E-state index in [2.05, 4.69) is 5.10 Å². The first-order valence-electron chi connectivity index (χ1n) is 7.53. The van der Waals surface area contributed by atoms with Crippen molar-refractivity contribution in [1.82, 2.24) is 5.01 Å². The van der Waals surface area contributed by atoms with E-state index in [4.69, 9.17) is 14.9 Å². The van der Waals surface area contributed by atoms with Gasteiger partial charge in [0.05, 0.1) is 6.21 Å². The number of rotatable bonds is 9. The highest BCUT2D eigenvalue weighted by Crippen LogP contribution is 2.13. The van der Waals surface area contributed by atoms with Crippen LogP contribution in [0.1, 0.15) is 11.1 Å². The molecule has 0 aliphatic rings. The van der Waals surface area contributed by atoms with E-state index in [9.17, 15) is 9.59 Å². The minimum atomic E-state index is -1.15. The third-order valence-corrected chi connectivity index (χ3v) is 3.19. The standard InChI is InChI=1S/C18H18N2O5/c21-17(22)11-20(12-18(23)24)19-10-14-6-4-5-7-15(14)13-25-16-8-2-1-3-9-16/h1-10H,11-13H2,(H,21,22)(H,23,24)/b19-10-. The summed E-state index contributed by atoms with van der Waals surface area (Å²) in [6.45, 7) is -0.680. The molecule has 0 saturated carbocycles. The van der Waals surface area contributed by atoms with Gasteiger partial charge in [0.15, 0.2) is 0 Å². The van der Waals surface area contributed by atoms with Crippen molar-refractivity contribution in [3.8, 4) is 5.75 Å². The zero-order chi connectivity index (χ0) is 18.1. The Morgan fingerprint density at radius 1 is 0.960 bits per heavy atom. The lowest BCUT2D eigenvalue weighted by Gasteiger charge is -2.14. The molecule has 0 spiro atoms. The second-order valence-electron chi connectivity index (χ2n) is 5.16. The number of carboxylic acids is 2. The topological polar surface area (TPSA) is 99.4 Å². The van der Waals surface area contributed by atoms with Gasteiger partial charge in [-0.05, 0) is 17.7 Å². The summed E-state index contributed by atoms with van der Waals surface area (Å²) in [4.78, 5) is 21.6. The van der Waals surface area contributed by atoms with Gasteiger partial charge in [0.2, 0.25) is 0 Å². The van der Waals surface area contributed by atoms with Crippen LogP contribution in [-0.2, 0) is 16.2 Å². The van der Waals surface area contributed by atoms with E-state index < -0.39 is 25.0 Å². The molecule has 0 saturated heterocycles. The van der Waals surface area contributed by atoms with Crippen molar-refractivity contribution >= 4 is 18.2 Å². The van der Waals surface area contributed by atoms with Gasteiger partial charge in [-0.1, -0.05) is 42.5 Å². The van der Waals surface area contributed by atoms with E-state index in [-0.39, 0.29) is 0 Å². The zero-order valence-corrected chi connectivity index (χ0v) is 13.4. The Morgan fingerprint density at radius 3 is 2.20 bits per heavy atom. The van der Waals surface area contributed by atoms with E-state index in [0.717, 1.165) is 21.9 Å². The summed E-state index contributed by atoms with van der Waals surface area (Å²) in [6.07, 6.45) is 1.44. The van der Waals surface area contributed by atoms with Gasteiger partial charge in [0, 0.05) is 5.56 Å². The van der Waals surface area contributed by atoms with Crippen molar-refractivity contribution in [3.05, 3.63) is 65.7 Å². The molecule has 2 rings (SSSR count). The number of ether oxygens (including phenoxy) is 1. The van der Waals surface area contributed by atoms with Crippen LogP contribution in [0.5, 0.6) is 5.75 Å². The number of hydrogen-bond acceptors (Lipinski definition) is 5. The fraction of sp³-hybridized carbons (Fsp3) is 0.167. The van der Waals surface area contributed by atoms with Crippen LogP contribution in [0, 0.1) is 0 Å². The molecule has 0 amide bonds. The van der Waals surface area contributed by atoms with E-state index in [1.165, 1.54) is 6.21 Å². The summed E-state index contributed by atoms with van der Waals surface area (Å²) < 4.78 is 5.71. The van der Waals surface area contributed by atoms with Gasteiger partial charge in [-0.3, -0.25) is 14.6 Å². The van der Waals surface area contributed by atoms with Crippen molar-refractivity contribution in [1.29, 1.82) is 0 Å². The summed E-state index contributed by atoms with van der Waals surface area (Å²) in [5.41, 5.74) is 1.57. The lowest BCUT2D eigenvalue weighted by molar-refractivity contribution is -0.141. The van der Waals surface area contributed by atoms with Crippen LogP contribution >= 0.6 is 0 Å². The molecular formula is C18H18N2O5. The highest BCUT2D eigenvalue weighted by molar-refractivity contribution is 5.82. The van der Waals surface area contributed by atoms with Gasteiger partial charge < -0.3 is 14.9 Å². The number of benzene rings is 2. The van der Waals surface area contributed by atoms with Crippen LogP contribution in [0.4, 0.5) is 0 Å². The van der Waals surface area contributed by atoms with Crippen LogP contribution < -0.4 is 4.74 Å². The molecule has 0 radical (unpaired) electrons. The Morgan fingerprint density at radius 2 is 1.56 bits per heavy atom. The second kappa shape index (κ2) is 9.07. The molecular weight excluding hydrogens is 324 g/mol. The fourth-order valence-corrected chi connectivity index (χ4v) is 2.06. The van der Waals surface area contributed by atoms with Crippen LogP contribution in [0.3, 0.4) is 0 Å². The summed E-state index contributed by atoms with van der Waals surface area (Å²) >= 11 is 0. The first-order chi connectivity index (χ1) is 12.0. The number of hydrogen-bond donors (Lipinski definition) is 2. The second-order valence-corrected chi connectivity index (χ2v) is 5.16. The number of carboxylic acid groups (broad SMARTS) is 2. The van der Waals surface area contributed by atoms with Gasteiger partial charge in [-0.25, -0.2) is 0 Å². The van der Waals surface area contributed by atoms with Gasteiger partial charge in [-0.15, -0.1) is 0 Å². The van der Waals surface area contributed by atoms with Crippen molar-refractivity contribution in [2.24, 2.45) is 5.10 Å². The number of hydrazone groups is 1. The summed E-state index contributed by atoms with van der Waals surface area (Å²) in [7, 11) is 0. The van der Waals surface area contributed by atoms with E-state index in [0.29, 0.717) is 6.61 Å². The summed E-state index contributed by atoms with van der Waals surface area (Å²) in [5.74, 6) is -1.58. The molecule has 7 nitrogen and oxygen atoms in total. The number of aliphatic carboxylic acids is 2. The van der Waals surface area contributed by atoms with Crippen LogP contribution in [0.15, 0.2) is 59.7 Å². The third kappa shape index (κ3) is 6.34. The lowest BCUT2D eigenvalue weighted by Crippen LogP contribution is -2.30. The molecule has 0 aromatic heterocycles. The number of nitrogens with zero attached hydrogens (tertiary/aromatic N) is 2. The van der Waals surface area contributed by atoms with Gasteiger partial charge in [-0.2, -0.15) is 5.10 Å². The van der Waals surface area contributed by atoms with Gasteiger partial charge in [0.25, 0.3) is 0 Å². The van der Waals surface area contributed by atoms with Gasteiger partial charge >= 0.3 is 11.9 Å². The molecule has 130 valence electrons. The third-order valence-electron chi connectivity index (χ3n) is 3.19. The quantitative estimate of drug-likeness (QED) is 0.535. The summed E-state index contributed by atoms with van der Waals surface area (Å²) in [5, 5.41) is 22.6. The molecule has 2 aromatic carbocycles. The first kappa shape index (κ1) is 18.0. The average Bonchev–Trinajstić information content (AvgIpc) is 2.58. The van der Waals surface area contributed by atoms with E-state index in [1.54, 1.807) is 6.07 Å². The smallest absolute Gasteiger partial charge is 0.324 e. The Balaban J connectivity index is 2.09. The van der Waals surface area contributed by atoms with Crippen molar-refractivity contribution in [2.75, 3.05) is 13.1 Å². The Kier molecular flexibility index (Phi) is 6.53. The molecule has 0 fully saturated rings. The normalized spacial score (nSPS) is 10.6. The maximum Gasteiger partial charge on any atom is 0.324 e. The Bertz CT molecular complexity index is 730. The van der Waals surface area contributed by atoms with Gasteiger partial charge in [0.1, 0.15) is 25.4 Å². The summed E-state index contributed by atoms with van der Waals surface area (Å²) in [6, 6.07) is 16.7. The van der Waals surface area contributed by atoms with Crippen molar-refractivity contribution in [2.45, 2.75) is 6.61 Å². The van der Waals surface area contributed by atoms with E-state index >= 15 is 0 Å². The average molecular weight is 342 g/mol. The highest BCUT2D eigenvalue weighted by Gasteiger charge is 2.10. The molecule has 0 aliphatic heterocycles. The lowest BCUT2D eigenvalue weighted by atomic mass is 10.1. The fourth-order valence-electron chi connectivity index (χ4n) is 2.06. The first-order valence-corrected chi connectivity index (χ1v) is 7.53. The SMILES string of the molecule is O=C(O)CN(CC(=O)O)/N=C\c1ccccc1COc1ccccc1. The van der Waals surface area contributed by atoms with E-state index in [1.807, 2.05) is 48.5 Å². The molecule has 7 heteroatoms. The van der Waals surface area contributed by atoms with Crippen molar-refractivity contribution in [3.63, 3.8) is 0 Å². The number of para-hydroxylation sites is 1. The highest BCUT2D eigenvalue weighted by atomic mass is 16.5. The molecule has 25 heavy (non-hydrogen) atoms. The molecule has 0 bridgehead atoms. The molecule has 2 N–H and O–H groups in total. The predicted molar refractivity (Wildman–Crippen MR) is 91.7 cm³/mol. The minimum absolute atomic E-state index is 0.310. The monoisotopic (exact) mass is 342 g/mol. The molecule has 0 heterocycles. The molecule has 0 atom stereocenters. The van der Waals surface area contributed by atoms with Crippen LogP contribution in [-0.4, -0.2) is 46.5 Å². The van der Waals surface area contributed by atoms with Crippen molar-refractivity contribution < 1.29 is 24.5 Å². The minimum Gasteiger partial charge on any atom is -0.489 e. The maximum absolute atomic E-state index is 10.8. The molecule has 0 aliphatic carbocycles. The molecule has 2 aromatic rings. The number of carbonyl (C=O) groups is 2.